The lowest BCUT2D eigenvalue weighted by molar-refractivity contribution is 0.400. The highest BCUT2D eigenvalue weighted by Crippen LogP contribution is 2.36. The highest BCUT2D eigenvalue weighted by molar-refractivity contribution is 7.89. The molecule has 5 rings (SSSR count). The molecule has 0 atom stereocenters. The molecule has 0 amide bonds. The van der Waals surface area contributed by atoms with Gasteiger partial charge in [0.1, 0.15) is 16.0 Å². The lowest BCUT2D eigenvalue weighted by Gasteiger charge is -2.08. The number of ether oxygens (including phenoxy) is 1. The predicted molar refractivity (Wildman–Crippen MR) is 112 cm³/mol. The topological polar surface area (TPSA) is 139 Å². The van der Waals surface area contributed by atoms with Gasteiger partial charge in [0.05, 0.1) is 24.9 Å². The van der Waals surface area contributed by atoms with Crippen molar-refractivity contribution < 1.29 is 17.7 Å². The molecule has 0 radical (unpaired) electrons. The summed E-state index contributed by atoms with van der Waals surface area (Å²) in [6, 6.07) is 10.2. The molecule has 0 spiro atoms. The molecule has 0 aliphatic heterocycles. The van der Waals surface area contributed by atoms with E-state index < -0.39 is 10.0 Å². The van der Waals surface area contributed by atoms with E-state index in [1.54, 1.807) is 35.1 Å². The summed E-state index contributed by atoms with van der Waals surface area (Å²) in [7, 11) is -2.53. The molecule has 31 heavy (non-hydrogen) atoms. The molecular formula is C20H16N6O4S. The van der Waals surface area contributed by atoms with Gasteiger partial charge in [-0.15, -0.1) is 0 Å². The summed E-state index contributed by atoms with van der Waals surface area (Å²) in [5.41, 5.74) is 2.29. The maximum Gasteiger partial charge on any atom is 0.240 e. The zero-order valence-electron chi connectivity index (χ0n) is 16.3. The molecule has 1 aromatic carbocycles. The third kappa shape index (κ3) is 3.39. The van der Waals surface area contributed by atoms with Crippen molar-refractivity contribution in [1.29, 1.82) is 0 Å². The van der Waals surface area contributed by atoms with Crippen LogP contribution in [0, 0.1) is 0 Å². The van der Waals surface area contributed by atoms with Crippen LogP contribution < -0.4 is 9.88 Å². The molecule has 2 N–H and O–H groups in total. The molecule has 0 aliphatic rings. The number of rotatable bonds is 5. The number of sulfonamides is 1. The summed E-state index contributed by atoms with van der Waals surface area (Å²) in [5.74, 6) is 0.305. The second-order valence-corrected chi connectivity index (χ2v) is 8.36. The van der Waals surface area contributed by atoms with Crippen molar-refractivity contribution in [2.75, 3.05) is 7.11 Å². The Bertz CT molecular complexity index is 1530. The van der Waals surface area contributed by atoms with Crippen molar-refractivity contribution in [2.24, 2.45) is 5.14 Å². The van der Waals surface area contributed by atoms with Crippen LogP contribution in [0.5, 0.6) is 5.88 Å². The minimum absolute atomic E-state index is 0.0982. The van der Waals surface area contributed by atoms with E-state index in [1.807, 2.05) is 12.3 Å². The second kappa shape index (κ2) is 7.15. The first kappa shape index (κ1) is 19.2. The number of nitrogens with zero attached hydrogens (tertiary/aromatic N) is 5. The van der Waals surface area contributed by atoms with Crippen LogP contribution in [0.2, 0.25) is 0 Å². The number of methoxy groups -OCH3 is 1. The van der Waals surface area contributed by atoms with E-state index in [1.165, 1.54) is 19.4 Å². The first-order valence-electron chi connectivity index (χ1n) is 9.17. The van der Waals surface area contributed by atoms with Crippen LogP contribution in [-0.2, 0) is 16.6 Å². The number of nitrogens with two attached hydrogens (primary N) is 1. The van der Waals surface area contributed by atoms with Gasteiger partial charge in [-0.25, -0.2) is 18.5 Å². The summed E-state index contributed by atoms with van der Waals surface area (Å²) in [6.07, 6.45) is 5.01. The molecule has 0 bridgehead atoms. The van der Waals surface area contributed by atoms with Crippen molar-refractivity contribution >= 4 is 31.9 Å². The van der Waals surface area contributed by atoms with E-state index in [0.29, 0.717) is 45.7 Å². The van der Waals surface area contributed by atoms with Gasteiger partial charge in [0.15, 0.2) is 5.58 Å². The predicted octanol–water partition coefficient (Wildman–Crippen LogP) is 2.34. The van der Waals surface area contributed by atoms with Gasteiger partial charge in [-0.2, -0.15) is 5.10 Å². The van der Waals surface area contributed by atoms with Crippen molar-refractivity contribution in [1.82, 2.24) is 24.9 Å². The Labute approximate surface area is 176 Å². The smallest absolute Gasteiger partial charge is 0.240 e. The van der Waals surface area contributed by atoms with Crippen molar-refractivity contribution in [2.45, 2.75) is 11.4 Å². The van der Waals surface area contributed by atoms with E-state index in [-0.39, 0.29) is 10.4 Å². The molecule has 0 fully saturated rings. The number of pyridine rings is 2. The Balaban J connectivity index is 1.71. The molecule has 5 aromatic rings. The second-order valence-electron chi connectivity index (χ2n) is 6.83. The standard InChI is InChI=1S/C20H16N6O4S/c1-29-20-17-15(10-14(24-20)11-26-7-3-6-23-26)30-25-19(17)13-8-12-4-2-5-22-18(12)16(9-13)31(21,27)28/h2-10H,11H2,1H3,(H2,21,27,28). The van der Waals surface area contributed by atoms with Crippen LogP contribution in [0.4, 0.5) is 0 Å². The Morgan fingerprint density at radius 3 is 2.81 bits per heavy atom. The fourth-order valence-corrected chi connectivity index (χ4v) is 4.21. The molecule has 0 saturated carbocycles. The summed E-state index contributed by atoms with van der Waals surface area (Å²) < 4.78 is 37.2. The zero-order chi connectivity index (χ0) is 21.6. The summed E-state index contributed by atoms with van der Waals surface area (Å²) >= 11 is 0. The largest absolute Gasteiger partial charge is 0.480 e. The average molecular weight is 436 g/mol. The van der Waals surface area contributed by atoms with E-state index in [9.17, 15) is 8.42 Å². The van der Waals surface area contributed by atoms with E-state index >= 15 is 0 Å². The van der Waals surface area contributed by atoms with Gasteiger partial charge in [0, 0.05) is 35.6 Å². The number of benzene rings is 1. The van der Waals surface area contributed by atoms with Crippen LogP contribution in [-0.4, -0.2) is 40.4 Å². The third-order valence-electron chi connectivity index (χ3n) is 4.80. The average Bonchev–Trinajstić information content (AvgIpc) is 3.41. The van der Waals surface area contributed by atoms with Gasteiger partial charge in [0.25, 0.3) is 0 Å². The van der Waals surface area contributed by atoms with E-state index in [2.05, 4.69) is 20.2 Å². The third-order valence-corrected chi connectivity index (χ3v) is 5.73. The molecule has 4 heterocycles. The molecule has 0 unspecified atom stereocenters. The summed E-state index contributed by atoms with van der Waals surface area (Å²) in [5, 5.41) is 14.9. The quantitative estimate of drug-likeness (QED) is 0.443. The zero-order valence-corrected chi connectivity index (χ0v) is 17.1. The molecule has 11 heteroatoms. The van der Waals surface area contributed by atoms with Crippen molar-refractivity contribution in [3.05, 3.63) is 60.7 Å². The minimum atomic E-state index is -4.03. The van der Waals surface area contributed by atoms with Gasteiger partial charge in [0.2, 0.25) is 15.9 Å². The highest BCUT2D eigenvalue weighted by atomic mass is 32.2. The Morgan fingerprint density at radius 2 is 2.06 bits per heavy atom. The molecule has 156 valence electrons. The van der Waals surface area contributed by atoms with E-state index in [0.717, 1.165) is 0 Å². The van der Waals surface area contributed by atoms with E-state index in [4.69, 9.17) is 14.4 Å². The van der Waals surface area contributed by atoms with Crippen LogP contribution >= 0.6 is 0 Å². The van der Waals surface area contributed by atoms with Gasteiger partial charge >= 0.3 is 0 Å². The Kier molecular flexibility index (Phi) is 4.41. The molecule has 10 nitrogen and oxygen atoms in total. The minimum Gasteiger partial charge on any atom is -0.480 e. The van der Waals surface area contributed by atoms with Gasteiger partial charge < -0.3 is 9.26 Å². The normalized spacial score (nSPS) is 11.9. The van der Waals surface area contributed by atoms with Crippen LogP contribution in [0.25, 0.3) is 33.1 Å². The molecule has 0 saturated heterocycles. The van der Waals surface area contributed by atoms with Gasteiger partial charge in [-0.05, 0) is 24.3 Å². The lowest BCUT2D eigenvalue weighted by atomic mass is 10.1. The number of primary sulfonamides is 1. The number of fused-ring (bicyclic) bond motifs is 2. The highest BCUT2D eigenvalue weighted by Gasteiger charge is 2.22. The van der Waals surface area contributed by atoms with Gasteiger partial charge in [-0.1, -0.05) is 11.2 Å². The van der Waals surface area contributed by atoms with Crippen LogP contribution in [0.3, 0.4) is 0 Å². The Morgan fingerprint density at radius 1 is 1.19 bits per heavy atom. The lowest BCUT2D eigenvalue weighted by Crippen LogP contribution is -2.13. The SMILES string of the molecule is COc1nc(Cn2cccn2)cc2onc(-c3cc(S(N)(=O)=O)c4ncccc4c3)c12. The fraction of sp³-hybridized carbons (Fsp3) is 0.100. The summed E-state index contributed by atoms with van der Waals surface area (Å²) in [6.45, 7) is 0.423. The van der Waals surface area contributed by atoms with Crippen molar-refractivity contribution in [3.63, 3.8) is 0 Å². The molecule has 0 aliphatic carbocycles. The number of hydrogen-bond donors (Lipinski definition) is 1. The van der Waals surface area contributed by atoms with Crippen LogP contribution in [0.1, 0.15) is 5.69 Å². The van der Waals surface area contributed by atoms with Crippen LogP contribution in [0.15, 0.2) is 64.4 Å². The maximum atomic E-state index is 12.2. The monoisotopic (exact) mass is 436 g/mol. The van der Waals surface area contributed by atoms with Crippen molar-refractivity contribution in [3.8, 4) is 17.1 Å². The maximum absolute atomic E-state index is 12.2. The number of aromatic nitrogens is 5. The number of hydrogen-bond acceptors (Lipinski definition) is 8. The van der Waals surface area contributed by atoms with Gasteiger partial charge in [-0.3, -0.25) is 9.67 Å². The molecule has 4 aromatic heterocycles. The fourth-order valence-electron chi connectivity index (χ4n) is 3.48. The first-order valence-corrected chi connectivity index (χ1v) is 10.7. The molecular weight excluding hydrogens is 420 g/mol. The Hall–Kier alpha value is -3.83. The summed E-state index contributed by atoms with van der Waals surface area (Å²) in [4.78, 5) is 8.61. The first-order chi connectivity index (χ1) is 14.9.